The summed E-state index contributed by atoms with van der Waals surface area (Å²) in [5.74, 6) is 0.609. The first-order chi connectivity index (χ1) is 6.70. The van der Waals surface area contributed by atoms with Crippen LogP contribution in [0.5, 0.6) is 0 Å². The largest absolute Gasteiger partial charge is 0.296 e. The number of carbonyl (C=O) groups excluding carboxylic acids is 1. The van der Waals surface area contributed by atoms with Gasteiger partial charge in [0.15, 0.2) is 6.29 Å². The lowest BCUT2D eigenvalue weighted by atomic mass is 10.2. The minimum Gasteiger partial charge on any atom is -0.296 e. The van der Waals surface area contributed by atoms with Crippen molar-refractivity contribution in [3.8, 4) is 0 Å². The highest BCUT2D eigenvalue weighted by Gasteiger charge is 2.04. The molecule has 0 saturated heterocycles. The Balaban J connectivity index is 2.87. The van der Waals surface area contributed by atoms with E-state index in [1.165, 1.54) is 0 Å². The van der Waals surface area contributed by atoms with Crippen LogP contribution in [-0.4, -0.2) is 16.3 Å². The van der Waals surface area contributed by atoms with E-state index in [1.54, 1.807) is 6.92 Å². The molecule has 0 saturated carbocycles. The molecule has 0 bridgehead atoms. The number of aryl methyl sites for hydroxylation is 1. The molecule has 0 aliphatic heterocycles. The lowest BCUT2D eigenvalue weighted by Crippen LogP contribution is -1.95. The third kappa shape index (κ3) is 1.53. The molecule has 0 amide bonds. The number of fused-ring (bicyclic) bond motifs is 1. The fourth-order valence-electron chi connectivity index (χ4n) is 1.34. The summed E-state index contributed by atoms with van der Waals surface area (Å²) in [7, 11) is 0. The number of hydrogen-bond donors (Lipinski definition) is 0. The zero-order chi connectivity index (χ0) is 10.1. The van der Waals surface area contributed by atoms with Gasteiger partial charge >= 0.3 is 0 Å². The normalized spacial score (nSPS) is 10.4. The number of benzene rings is 1. The van der Waals surface area contributed by atoms with Crippen molar-refractivity contribution in [3.05, 3.63) is 34.2 Å². The highest BCUT2D eigenvalue weighted by Crippen LogP contribution is 2.19. The molecular formula is C10H7BrN2O. The van der Waals surface area contributed by atoms with E-state index in [-0.39, 0.29) is 0 Å². The topological polar surface area (TPSA) is 42.9 Å². The Morgan fingerprint density at radius 3 is 2.86 bits per heavy atom. The van der Waals surface area contributed by atoms with E-state index in [0.29, 0.717) is 11.5 Å². The zero-order valence-corrected chi connectivity index (χ0v) is 9.08. The van der Waals surface area contributed by atoms with E-state index in [0.717, 1.165) is 21.7 Å². The molecule has 1 heterocycles. The fraction of sp³-hybridized carbons (Fsp3) is 0.100. The quantitative estimate of drug-likeness (QED) is 0.731. The fourth-order valence-corrected chi connectivity index (χ4v) is 1.69. The summed E-state index contributed by atoms with van der Waals surface area (Å²) in [6.07, 6.45) is 0.755. The Morgan fingerprint density at radius 1 is 1.36 bits per heavy atom. The van der Waals surface area contributed by atoms with Gasteiger partial charge in [0, 0.05) is 9.86 Å². The lowest BCUT2D eigenvalue weighted by molar-refractivity contribution is 0.112. The number of hydrogen-bond acceptors (Lipinski definition) is 3. The maximum atomic E-state index is 10.8. The maximum absolute atomic E-state index is 10.8. The number of aromatic nitrogens is 2. The van der Waals surface area contributed by atoms with Gasteiger partial charge in [-0.25, -0.2) is 9.97 Å². The SMILES string of the molecule is Cc1nc(C=O)c2ccc(Br)cc2n1. The van der Waals surface area contributed by atoms with Crippen molar-refractivity contribution in [2.24, 2.45) is 0 Å². The molecule has 70 valence electrons. The van der Waals surface area contributed by atoms with Gasteiger partial charge < -0.3 is 0 Å². The molecule has 14 heavy (non-hydrogen) atoms. The lowest BCUT2D eigenvalue weighted by Gasteiger charge is -2.01. The number of halogens is 1. The molecule has 0 unspecified atom stereocenters. The van der Waals surface area contributed by atoms with Crippen LogP contribution >= 0.6 is 15.9 Å². The van der Waals surface area contributed by atoms with Gasteiger partial charge in [-0.3, -0.25) is 4.79 Å². The summed E-state index contributed by atoms with van der Waals surface area (Å²) >= 11 is 3.35. The van der Waals surface area contributed by atoms with Crippen LogP contribution < -0.4 is 0 Å². The Bertz CT molecular complexity index is 505. The molecule has 1 aromatic carbocycles. The van der Waals surface area contributed by atoms with Crippen LogP contribution in [0.15, 0.2) is 22.7 Å². The van der Waals surface area contributed by atoms with Crippen LogP contribution in [0.25, 0.3) is 10.9 Å². The molecule has 0 radical (unpaired) electrons. The second kappa shape index (κ2) is 3.46. The summed E-state index contributed by atoms with van der Waals surface area (Å²) in [6, 6.07) is 5.58. The van der Waals surface area contributed by atoms with Crippen molar-refractivity contribution in [3.63, 3.8) is 0 Å². The molecule has 0 aliphatic rings. The molecule has 2 aromatic rings. The second-order valence-electron chi connectivity index (χ2n) is 2.94. The molecular weight excluding hydrogens is 244 g/mol. The predicted molar refractivity (Wildman–Crippen MR) is 57.4 cm³/mol. The summed E-state index contributed by atoms with van der Waals surface area (Å²) in [5, 5.41) is 0.786. The Labute approximate surface area is 89.3 Å². The number of rotatable bonds is 1. The van der Waals surface area contributed by atoms with Crippen LogP contribution in [0.1, 0.15) is 16.3 Å². The van der Waals surface area contributed by atoms with E-state index in [2.05, 4.69) is 25.9 Å². The van der Waals surface area contributed by atoms with E-state index in [4.69, 9.17) is 0 Å². The first-order valence-electron chi connectivity index (χ1n) is 4.10. The molecule has 1 aromatic heterocycles. The molecule has 0 spiro atoms. The van der Waals surface area contributed by atoms with Crippen LogP contribution in [-0.2, 0) is 0 Å². The molecule has 0 N–H and O–H groups in total. The van der Waals surface area contributed by atoms with Gasteiger partial charge in [-0.05, 0) is 25.1 Å². The second-order valence-corrected chi connectivity index (χ2v) is 3.85. The van der Waals surface area contributed by atoms with Crippen LogP contribution in [0, 0.1) is 6.92 Å². The van der Waals surface area contributed by atoms with Gasteiger partial charge in [-0.2, -0.15) is 0 Å². The number of aldehydes is 1. The molecule has 0 fully saturated rings. The Kier molecular flexibility index (Phi) is 2.29. The van der Waals surface area contributed by atoms with Crippen molar-refractivity contribution >= 4 is 33.1 Å². The Morgan fingerprint density at radius 2 is 2.14 bits per heavy atom. The average Bonchev–Trinajstić information content (AvgIpc) is 2.15. The van der Waals surface area contributed by atoms with Crippen molar-refractivity contribution in [1.29, 1.82) is 0 Å². The van der Waals surface area contributed by atoms with E-state index >= 15 is 0 Å². The minimum absolute atomic E-state index is 0.444. The molecule has 4 heteroatoms. The maximum Gasteiger partial charge on any atom is 0.169 e. The van der Waals surface area contributed by atoms with Crippen molar-refractivity contribution in [2.75, 3.05) is 0 Å². The van der Waals surface area contributed by atoms with Gasteiger partial charge in [0.25, 0.3) is 0 Å². The third-order valence-electron chi connectivity index (χ3n) is 1.91. The average molecular weight is 251 g/mol. The molecule has 3 nitrogen and oxygen atoms in total. The molecule has 0 aliphatic carbocycles. The van der Waals surface area contributed by atoms with Crippen LogP contribution in [0.2, 0.25) is 0 Å². The minimum atomic E-state index is 0.444. The summed E-state index contributed by atoms with van der Waals surface area (Å²) in [6.45, 7) is 1.77. The first kappa shape index (κ1) is 9.27. The van der Waals surface area contributed by atoms with Crippen LogP contribution in [0.4, 0.5) is 0 Å². The summed E-state index contributed by atoms with van der Waals surface area (Å²) in [5.41, 5.74) is 1.23. The van der Waals surface area contributed by atoms with Crippen molar-refractivity contribution in [1.82, 2.24) is 9.97 Å². The number of carbonyl (C=O) groups is 1. The zero-order valence-electron chi connectivity index (χ0n) is 7.49. The number of nitrogens with zero attached hydrogens (tertiary/aromatic N) is 2. The summed E-state index contributed by atoms with van der Waals surface area (Å²) in [4.78, 5) is 19.1. The highest BCUT2D eigenvalue weighted by atomic mass is 79.9. The molecule has 0 atom stereocenters. The van der Waals surface area contributed by atoms with E-state index in [1.807, 2.05) is 18.2 Å². The predicted octanol–water partition coefficient (Wildman–Crippen LogP) is 2.51. The van der Waals surface area contributed by atoms with Crippen molar-refractivity contribution in [2.45, 2.75) is 6.92 Å². The van der Waals surface area contributed by atoms with Gasteiger partial charge in [-0.15, -0.1) is 0 Å². The standard InChI is InChI=1S/C10H7BrN2O/c1-6-12-9-4-7(11)2-3-8(9)10(5-14)13-6/h2-5H,1H3. The van der Waals surface area contributed by atoms with Gasteiger partial charge in [-0.1, -0.05) is 15.9 Å². The van der Waals surface area contributed by atoms with Crippen molar-refractivity contribution < 1.29 is 4.79 Å². The van der Waals surface area contributed by atoms with E-state index in [9.17, 15) is 4.79 Å². The Hall–Kier alpha value is -1.29. The first-order valence-corrected chi connectivity index (χ1v) is 4.89. The molecule has 2 rings (SSSR count). The highest BCUT2D eigenvalue weighted by molar-refractivity contribution is 9.10. The van der Waals surface area contributed by atoms with Gasteiger partial charge in [0.1, 0.15) is 11.5 Å². The van der Waals surface area contributed by atoms with Gasteiger partial charge in [0.05, 0.1) is 5.52 Å². The van der Waals surface area contributed by atoms with Crippen LogP contribution in [0.3, 0.4) is 0 Å². The monoisotopic (exact) mass is 250 g/mol. The smallest absolute Gasteiger partial charge is 0.169 e. The van der Waals surface area contributed by atoms with E-state index < -0.39 is 0 Å². The third-order valence-corrected chi connectivity index (χ3v) is 2.41. The van der Waals surface area contributed by atoms with Gasteiger partial charge in [0.2, 0.25) is 0 Å². The summed E-state index contributed by atoms with van der Waals surface area (Å²) < 4.78 is 0.944.